The second kappa shape index (κ2) is 13.8. The fourth-order valence-electron chi connectivity index (χ4n) is 3.07. The lowest BCUT2D eigenvalue weighted by Gasteiger charge is -2.34. The molecule has 154 valence electrons. The Bertz CT molecular complexity index is 579. The van der Waals surface area contributed by atoms with Crippen molar-refractivity contribution in [3.63, 3.8) is 0 Å². The molecule has 8 heteroatoms. The predicted molar refractivity (Wildman–Crippen MR) is 115 cm³/mol. The number of piperazine rings is 1. The van der Waals surface area contributed by atoms with Gasteiger partial charge in [-0.05, 0) is 38.1 Å². The molecule has 0 aromatic heterocycles. The molecule has 0 atom stereocenters. The number of benzene rings is 1. The third-order valence-corrected chi connectivity index (χ3v) is 4.58. The Balaban J connectivity index is 0.00000338. The van der Waals surface area contributed by atoms with Gasteiger partial charge in [0, 0.05) is 38.3 Å². The lowest BCUT2D eigenvalue weighted by atomic mass is 10.1. The maximum atomic E-state index is 12.3. The number of para-hydroxylation sites is 1. The standard InChI is InChI=1S/C19H30N4O2.2ClH/c1-3-16-7-4-5-8-17(16)21-18(24)15-22-11-13-23(14-12-22)19(25)9-6-10-20-2;;/h4-5,7-8,20H,3,6,9-15H2,1-2H3,(H,21,24);2*1H. The van der Waals surface area contributed by atoms with Crippen molar-refractivity contribution in [3.8, 4) is 0 Å². The van der Waals surface area contributed by atoms with Gasteiger partial charge in [-0.3, -0.25) is 14.5 Å². The Labute approximate surface area is 174 Å². The van der Waals surface area contributed by atoms with E-state index in [9.17, 15) is 9.59 Å². The van der Waals surface area contributed by atoms with Crippen LogP contribution in [0.25, 0.3) is 0 Å². The van der Waals surface area contributed by atoms with Gasteiger partial charge in [0.15, 0.2) is 0 Å². The minimum absolute atomic E-state index is 0. The van der Waals surface area contributed by atoms with Gasteiger partial charge in [-0.25, -0.2) is 0 Å². The molecule has 0 radical (unpaired) electrons. The van der Waals surface area contributed by atoms with Crippen LogP contribution in [0.1, 0.15) is 25.3 Å². The Kier molecular flexibility index (Phi) is 13.1. The average molecular weight is 419 g/mol. The number of carbonyl (C=O) groups is 2. The van der Waals surface area contributed by atoms with E-state index in [0.717, 1.165) is 43.7 Å². The minimum atomic E-state index is 0. The molecular formula is C19H32Cl2N4O2. The summed E-state index contributed by atoms with van der Waals surface area (Å²) in [5.41, 5.74) is 2.04. The molecule has 27 heavy (non-hydrogen) atoms. The van der Waals surface area contributed by atoms with E-state index < -0.39 is 0 Å². The molecule has 0 aliphatic carbocycles. The quantitative estimate of drug-likeness (QED) is 0.634. The van der Waals surface area contributed by atoms with Gasteiger partial charge in [-0.15, -0.1) is 24.8 Å². The normalized spacial score (nSPS) is 14.1. The van der Waals surface area contributed by atoms with Crippen molar-refractivity contribution in [1.29, 1.82) is 0 Å². The average Bonchev–Trinajstić information content (AvgIpc) is 2.63. The molecule has 0 unspecified atom stereocenters. The van der Waals surface area contributed by atoms with Crippen molar-refractivity contribution in [1.82, 2.24) is 15.1 Å². The van der Waals surface area contributed by atoms with E-state index in [0.29, 0.717) is 26.1 Å². The lowest BCUT2D eigenvalue weighted by molar-refractivity contribution is -0.133. The van der Waals surface area contributed by atoms with Gasteiger partial charge in [0.2, 0.25) is 11.8 Å². The molecule has 2 rings (SSSR count). The summed E-state index contributed by atoms with van der Waals surface area (Å²) >= 11 is 0. The first-order valence-corrected chi connectivity index (χ1v) is 9.16. The molecule has 1 aromatic rings. The fraction of sp³-hybridized carbons (Fsp3) is 0.579. The van der Waals surface area contributed by atoms with Crippen molar-refractivity contribution in [2.75, 3.05) is 51.6 Å². The molecule has 2 N–H and O–H groups in total. The maximum absolute atomic E-state index is 12.3. The van der Waals surface area contributed by atoms with E-state index in [1.807, 2.05) is 36.2 Å². The summed E-state index contributed by atoms with van der Waals surface area (Å²) in [6.45, 7) is 6.23. The van der Waals surface area contributed by atoms with Crippen LogP contribution in [0.2, 0.25) is 0 Å². The van der Waals surface area contributed by atoms with Crippen LogP contribution in [0.4, 0.5) is 5.69 Å². The van der Waals surface area contributed by atoms with Crippen LogP contribution in [-0.2, 0) is 16.0 Å². The number of anilines is 1. The van der Waals surface area contributed by atoms with E-state index in [1.54, 1.807) is 0 Å². The summed E-state index contributed by atoms with van der Waals surface area (Å²) in [5, 5.41) is 6.07. The second-order valence-electron chi connectivity index (χ2n) is 6.42. The van der Waals surface area contributed by atoms with Crippen LogP contribution in [-0.4, -0.2) is 67.9 Å². The van der Waals surface area contributed by atoms with Crippen molar-refractivity contribution >= 4 is 42.3 Å². The molecular weight excluding hydrogens is 387 g/mol. The summed E-state index contributed by atoms with van der Waals surface area (Å²) in [7, 11) is 1.90. The van der Waals surface area contributed by atoms with Gasteiger partial charge in [-0.1, -0.05) is 25.1 Å². The molecule has 1 saturated heterocycles. The minimum Gasteiger partial charge on any atom is -0.340 e. The molecule has 1 heterocycles. The molecule has 1 aromatic carbocycles. The van der Waals surface area contributed by atoms with Gasteiger partial charge in [0.1, 0.15) is 0 Å². The first kappa shape index (κ1) is 25.7. The highest BCUT2D eigenvalue weighted by molar-refractivity contribution is 5.93. The molecule has 1 aliphatic heterocycles. The summed E-state index contributed by atoms with van der Waals surface area (Å²) in [4.78, 5) is 28.4. The number of nitrogens with zero attached hydrogens (tertiary/aromatic N) is 2. The summed E-state index contributed by atoms with van der Waals surface area (Å²) < 4.78 is 0. The number of halogens is 2. The molecule has 6 nitrogen and oxygen atoms in total. The molecule has 2 amide bonds. The van der Waals surface area contributed by atoms with Gasteiger partial charge < -0.3 is 15.5 Å². The highest BCUT2D eigenvalue weighted by atomic mass is 35.5. The van der Waals surface area contributed by atoms with Gasteiger partial charge >= 0.3 is 0 Å². The molecule has 0 bridgehead atoms. The zero-order chi connectivity index (χ0) is 18.1. The highest BCUT2D eigenvalue weighted by Crippen LogP contribution is 2.15. The number of aryl methyl sites for hydroxylation is 1. The summed E-state index contributed by atoms with van der Waals surface area (Å²) in [6.07, 6.45) is 2.36. The third kappa shape index (κ3) is 8.47. The third-order valence-electron chi connectivity index (χ3n) is 4.58. The fourth-order valence-corrected chi connectivity index (χ4v) is 3.07. The van der Waals surface area contributed by atoms with Crippen LogP contribution in [0.5, 0.6) is 0 Å². The number of amides is 2. The number of hydrogen-bond acceptors (Lipinski definition) is 4. The zero-order valence-corrected chi connectivity index (χ0v) is 17.8. The Morgan fingerprint density at radius 2 is 1.74 bits per heavy atom. The zero-order valence-electron chi connectivity index (χ0n) is 16.2. The summed E-state index contributed by atoms with van der Waals surface area (Å²) in [6, 6.07) is 7.90. The van der Waals surface area contributed by atoms with Gasteiger partial charge in [0.05, 0.1) is 6.54 Å². The van der Waals surface area contributed by atoms with Crippen molar-refractivity contribution < 1.29 is 9.59 Å². The topological polar surface area (TPSA) is 64.7 Å². The van der Waals surface area contributed by atoms with Crippen LogP contribution in [0.15, 0.2) is 24.3 Å². The molecule has 0 saturated carbocycles. The van der Waals surface area contributed by atoms with Crippen LogP contribution >= 0.6 is 24.8 Å². The van der Waals surface area contributed by atoms with Gasteiger partial charge in [-0.2, -0.15) is 0 Å². The largest absolute Gasteiger partial charge is 0.340 e. The molecule has 0 spiro atoms. The van der Waals surface area contributed by atoms with Crippen LogP contribution in [0.3, 0.4) is 0 Å². The monoisotopic (exact) mass is 418 g/mol. The smallest absolute Gasteiger partial charge is 0.238 e. The van der Waals surface area contributed by atoms with E-state index in [1.165, 1.54) is 0 Å². The first-order valence-electron chi connectivity index (χ1n) is 9.16. The Morgan fingerprint density at radius 1 is 1.07 bits per heavy atom. The molecule has 1 fully saturated rings. The number of rotatable bonds is 8. The first-order chi connectivity index (χ1) is 12.1. The second-order valence-corrected chi connectivity index (χ2v) is 6.42. The number of nitrogens with one attached hydrogen (secondary N) is 2. The highest BCUT2D eigenvalue weighted by Gasteiger charge is 2.22. The Hall–Kier alpha value is -1.34. The summed E-state index contributed by atoms with van der Waals surface area (Å²) in [5.74, 6) is 0.228. The van der Waals surface area contributed by atoms with E-state index in [2.05, 4.69) is 22.5 Å². The molecule has 1 aliphatic rings. The number of carbonyl (C=O) groups excluding carboxylic acids is 2. The van der Waals surface area contributed by atoms with Crippen molar-refractivity contribution in [2.24, 2.45) is 0 Å². The number of hydrogen-bond donors (Lipinski definition) is 2. The van der Waals surface area contributed by atoms with Gasteiger partial charge in [0.25, 0.3) is 0 Å². The van der Waals surface area contributed by atoms with Crippen molar-refractivity contribution in [2.45, 2.75) is 26.2 Å². The van der Waals surface area contributed by atoms with E-state index >= 15 is 0 Å². The van der Waals surface area contributed by atoms with E-state index in [4.69, 9.17) is 0 Å². The lowest BCUT2D eigenvalue weighted by Crippen LogP contribution is -2.50. The van der Waals surface area contributed by atoms with Crippen LogP contribution < -0.4 is 10.6 Å². The Morgan fingerprint density at radius 3 is 2.37 bits per heavy atom. The predicted octanol–water partition coefficient (Wildman–Crippen LogP) is 2.17. The van der Waals surface area contributed by atoms with Crippen molar-refractivity contribution in [3.05, 3.63) is 29.8 Å². The van der Waals surface area contributed by atoms with E-state index in [-0.39, 0.29) is 36.6 Å². The maximum Gasteiger partial charge on any atom is 0.238 e. The van der Waals surface area contributed by atoms with Crippen LogP contribution in [0, 0.1) is 0 Å². The SMILES string of the molecule is CCc1ccccc1NC(=O)CN1CCN(C(=O)CCCNC)CC1.Cl.Cl.